The maximum Gasteiger partial charge on any atom is 0.305 e. The zero-order valence-electron chi connectivity index (χ0n) is 18.2. The Labute approximate surface area is 210 Å². The lowest BCUT2D eigenvalue weighted by Gasteiger charge is -2.33. The fourth-order valence-electron chi connectivity index (χ4n) is 3.78. The Hall–Kier alpha value is -2.43. The second-order valence-electron chi connectivity index (χ2n) is 7.99. The molecule has 0 radical (unpaired) electrons. The van der Waals surface area contributed by atoms with Crippen LogP contribution in [0.5, 0.6) is 5.75 Å². The van der Waals surface area contributed by atoms with E-state index in [1.165, 1.54) is 0 Å². The molecule has 1 aliphatic rings. The van der Waals surface area contributed by atoms with Crippen molar-refractivity contribution in [2.24, 2.45) is 0 Å². The number of hydrogen-bond donors (Lipinski definition) is 3. The molecule has 0 aliphatic carbocycles. The molecular weight excluding hydrogens is 499 g/mol. The Morgan fingerprint density at radius 1 is 1.26 bits per heavy atom. The molecule has 0 spiro atoms. The van der Waals surface area contributed by atoms with Gasteiger partial charge in [-0.2, -0.15) is 0 Å². The third-order valence-corrected chi connectivity index (χ3v) is 7.09. The zero-order valence-corrected chi connectivity index (χ0v) is 20.5. The Morgan fingerprint density at radius 3 is 2.76 bits per heavy atom. The number of amides is 1. The number of pyridine rings is 1. The third kappa shape index (κ3) is 6.37. The monoisotopic (exact) mass is 522 g/mol. The van der Waals surface area contributed by atoms with Crippen LogP contribution in [0.4, 0.5) is 0 Å². The number of benzene rings is 1. The number of nitrogens with zero attached hydrogens (tertiary/aromatic N) is 2. The summed E-state index contributed by atoms with van der Waals surface area (Å²) in [6.07, 6.45) is 2.53. The summed E-state index contributed by atoms with van der Waals surface area (Å²) in [4.78, 5) is 33.4. The molecule has 1 aliphatic heterocycles. The van der Waals surface area contributed by atoms with Gasteiger partial charge in [-0.1, -0.05) is 40.6 Å². The quantitative estimate of drug-likeness (QED) is 0.418. The maximum absolute atomic E-state index is 12.7. The zero-order chi connectivity index (χ0) is 24.1. The number of aromatic amines is 1. The van der Waals surface area contributed by atoms with Crippen LogP contribution in [-0.2, 0) is 0 Å². The van der Waals surface area contributed by atoms with E-state index in [0.29, 0.717) is 33.7 Å². The van der Waals surface area contributed by atoms with Gasteiger partial charge in [-0.3, -0.25) is 14.6 Å². The lowest BCUT2D eigenvalue weighted by Crippen LogP contribution is -2.45. The molecular formula is C23H24Cl2N4O4S. The number of β-amino-alcohol motifs (C(OH)–C–C–N with tert-alkyl or cyclic N) is 1. The van der Waals surface area contributed by atoms with Crippen LogP contribution in [0.3, 0.4) is 0 Å². The van der Waals surface area contributed by atoms with Gasteiger partial charge in [0.15, 0.2) is 0 Å². The summed E-state index contributed by atoms with van der Waals surface area (Å²) in [5.74, 6) is 0.268. The van der Waals surface area contributed by atoms with Gasteiger partial charge in [-0.25, -0.2) is 0 Å². The molecule has 8 nitrogen and oxygen atoms in total. The van der Waals surface area contributed by atoms with Crippen molar-refractivity contribution in [3.8, 4) is 17.1 Å². The van der Waals surface area contributed by atoms with Crippen LogP contribution in [0.25, 0.3) is 11.4 Å². The summed E-state index contributed by atoms with van der Waals surface area (Å²) in [7, 11) is 0. The summed E-state index contributed by atoms with van der Waals surface area (Å²) in [6, 6.07) is 10.5. The first kappa shape index (κ1) is 24.7. The molecule has 34 heavy (non-hydrogen) atoms. The minimum atomic E-state index is -0.745. The fraction of sp³-hybridized carbons (Fsp3) is 0.348. The van der Waals surface area contributed by atoms with E-state index in [1.807, 2.05) is 0 Å². The molecule has 3 N–H and O–H groups in total. The van der Waals surface area contributed by atoms with Crippen molar-refractivity contribution in [1.29, 1.82) is 0 Å². The van der Waals surface area contributed by atoms with E-state index < -0.39 is 12.0 Å². The van der Waals surface area contributed by atoms with Crippen LogP contribution < -0.4 is 14.9 Å². The average molecular weight is 523 g/mol. The number of halogens is 2. The highest BCUT2D eigenvalue weighted by Gasteiger charge is 2.24. The van der Waals surface area contributed by atoms with Crippen molar-refractivity contribution >= 4 is 40.4 Å². The molecule has 3 aromatic rings. The first-order valence-electron chi connectivity index (χ1n) is 10.8. The highest BCUT2D eigenvalue weighted by Crippen LogP contribution is 2.28. The maximum atomic E-state index is 12.7. The van der Waals surface area contributed by atoms with Gasteiger partial charge < -0.3 is 25.0 Å². The van der Waals surface area contributed by atoms with Gasteiger partial charge in [0.25, 0.3) is 5.91 Å². The Balaban J connectivity index is 1.24. The molecule has 3 heterocycles. The number of H-pyrrole nitrogens is 1. The molecule has 4 rings (SSSR count). The minimum absolute atomic E-state index is 0.0618. The molecule has 1 aromatic carbocycles. The normalized spacial score (nSPS) is 15.7. The number of piperidine rings is 1. The van der Waals surface area contributed by atoms with Crippen molar-refractivity contribution in [1.82, 2.24) is 20.2 Å². The van der Waals surface area contributed by atoms with Gasteiger partial charge in [0, 0.05) is 38.4 Å². The van der Waals surface area contributed by atoms with Gasteiger partial charge in [-0.15, -0.1) is 0 Å². The highest BCUT2D eigenvalue weighted by atomic mass is 35.5. The van der Waals surface area contributed by atoms with Crippen LogP contribution in [0.1, 0.15) is 22.5 Å². The second kappa shape index (κ2) is 11.3. The summed E-state index contributed by atoms with van der Waals surface area (Å²) < 4.78 is 6.00. The molecule has 1 atom stereocenters. The number of thiazole rings is 1. The Morgan fingerprint density at radius 2 is 2.06 bits per heavy atom. The molecule has 0 saturated carbocycles. The number of likely N-dealkylation sites (tertiary alicyclic amines) is 1. The number of aromatic nitrogens is 2. The van der Waals surface area contributed by atoms with Gasteiger partial charge >= 0.3 is 4.87 Å². The summed E-state index contributed by atoms with van der Waals surface area (Å²) in [5, 5.41) is 14.1. The van der Waals surface area contributed by atoms with E-state index in [-0.39, 0.29) is 22.4 Å². The lowest BCUT2D eigenvalue weighted by atomic mass is 10.1. The van der Waals surface area contributed by atoms with Gasteiger partial charge in [0.1, 0.15) is 16.7 Å². The van der Waals surface area contributed by atoms with Crippen molar-refractivity contribution in [3.05, 3.63) is 67.2 Å². The fourth-order valence-corrected chi connectivity index (χ4v) is 4.83. The average Bonchev–Trinajstić information content (AvgIpc) is 3.23. The molecule has 1 amide bonds. The Bertz CT molecular complexity index is 1180. The number of carbonyl (C=O) groups is 1. The van der Waals surface area contributed by atoms with Gasteiger partial charge in [-0.05, 0) is 37.1 Å². The predicted molar refractivity (Wildman–Crippen MR) is 133 cm³/mol. The minimum Gasteiger partial charge on any atom is -0.490 e. The number of carbonyl (C=O) groups excluding carboxylic acids is 1. The molecule has 1 saturated heterocycles. The van der Waals surface area contributed by atoms with Crippen molar-refractivity contribution in [2.45, 2.75) is 25.0 Å². The SMILES string of the molecule is O=C(NC[C@@H](O)CN1CCC(Oc2ccc(Cl)c(Cl)c2)CC1)c1sc(=O)[nH]c1-c1ccccn1. The molecule has 0 bridgehead atoms. The van der Waals surface area contributed by atoms with Crippen molar-refractivity contribution in [3.63, 3.8) is 0 Å². The number of ether oxygens (including phenoxy) is 1. The lowest BCUT2D eigenvalue weighted by molar-refractivity contribution is 0.0594. The highest BCUT2D eigenvalue weighted by molar-refractivity contribution is 7.11. The molecule has 11 heteroatoms. The van der Waals surface area contributed by atoms with Crippen LogP contribution in [0.2, 0.25) is 10.0 Å². The molecule has 2 aromatic heterocycles. The second-order valence-corrected chi connectivity index (χ2v) is 9.79. The summed E-state index contributed by atoms with van der Waals surface area (Å²) in [5.41, 5.74) is 0.893. The smallest absolute Gasteiger partial charge is 0.305 e. The largest absolute Gasteiger partial charge is 0.490 e. The molecule has 1 fully saturated rings. The molecule has 180 valence electrons. The number of aliphatic hydroxyl groups excluding tert-OH is 1. The van der Waals surface area contributed by atoms with E-state index in [9.17, 15) is 14.7 Å². The van der Waals surface area contributed by atoms with Crippen molar-refractivity contribution < 1.29 is 14.6 Å². The van der Waals surface area contributed by atoms with E-state index in [4.69, 9.17) is 27.9 Å². The van der Waals surface area contributed by atoms with Gasteiger partial charge in [0.05, 0.1) is 27.5 Å². The topological polar surface area (TPSA) is 108 Å². The van der Waals surface area contributed by atoms with Crippen LogP contribution in [-0.4, -0.2) is 64.3 Å². The van der Waals surface area contributed by atoms with E-state index in [2.05, 4.69) is 20.2 Å². The van der Waals surface area contributed by atoms with Gasteiger partial charge in [0.2, 0.25) is 0 Å². The number of aliphatic hydroxyl groups is 1. The van der Waals surface area contributed by atoms with Crippen LogP contribution in [0.15, 0.2) is 47.4 Å². The van der Waals surface area contributed by atoms with Crippen LogP contribution >= 0.6 is 34.5 Å². The number of rotatable bonds is 8. The molecule has 0 unspecified atom stereocenters. The summed E-state index contributed by atoms with van der Waals surface area (Å²) in [6.45, 7) is 2.03. The summed E-state index contributed by atoms with van der Waals surface area (Å²) >= 11 is 12.8. The first-order chi connectivity index (χ1) is 16.4. The van der Waals surface area contributed by atoms with E-state index in [1.54, 1.807) is 42.6 Å². The predicted octanol–water partition coefficient (Wildman–Crippen LogP) is 3.44. The number of hydrogen-bond acceptors (Lipinski definition) is 7. The van der Waals surface area contributed by atoms with Crippen molar-refractivity contribution in [2.75, 3.05) is 26.2 Å². The van der Waals surface area contributed by atoms with Crippen LogP contribution in [0, 0.1) is 0 Å². The Kier molecular flexibility index (Phi) is 8.23. The van der Waals surface area contributed by atoms with E-state index >= 15 is 0 Å². The first-order valence-corrected chi connectivity index (χ1v) is 12.4. The third-order valence-electron chi connectivity index (χ3n) is 5.47. The standard InChI is InChI=1S/C23H24Cl2N4O4S/c24-17-5-4-16(11-18(17)25)33-15-6-9-29(10-7-15)13-14(30)12-27-22(31)21-20(28-23(32)34-21)19-3-1-2-8-26-19/h1-5,8,11,14-15,30H,6-7,9-10,12-13H2,(H,27,31)(H,28,32)/t14-/m1/s1. The number of nitrogens with one attached hydrogen (secondary N) is 2. The van der Waals surface area contributed by atoms with E-state index in [0.717, 1.165) is 37.3 Å².